The Balaban J connectivity index is 0.000000170. The maximum atomic E-state index is 14.9. The number of furan rings is 1. The number of halogens is 4. The standard InChI is InChI=1S/C35H54N4O9.C29H36O6.C22H21F3N2O4.C19H19ClN2O3/c1-20-12-11-13-21(2)33(41)38-27-19-25(47-35(43)39(7)15-14-37-6)18-26(29(27)40)31(45-9)24(5)17-28(44-8)32(46-10)23(4)16-22(3)30(20)48-34(36)42;1-16-23-29(35-23)27(6,24(33-16)18-10-13-32-15-18)12-8-19-26(5)11-9-21(31)25(3,4)20(26)14-22(28(19,29)7)34-17(2)30;1-12-7-15(19(29)9-18(12)28)21(31)27-6-2-3-17(27)14-5-4-13(8-16(14)23)20(30)26-10-22(24,25)11-26;1-3-21-18(24)17-13-7-5-4-6-12(13)10-22(17)19(25)14-9-15(20)11(2)8-16(14)23/h11-13,16,18-20,23-24,28,30-32,37,40H,14-15,17H2,1-10H3,(H2,36,42)(H,38,41);9-11,13,15,19-20,22-24H,1,8,12,14H2,2-7H3;4-5,7-9,17,28-29H,2-3,6,10-11H2,1H3;4-9,17,23H,3,10H2,1-2H3,(H,21,24)/b12-11-,21-13+,22-16+;;;/t20-,23-,24-,28-,30+,31+,32+;19-,20+,22-,23-,24+,26-,27+,28+,29-;;17-/m01.1/s1. The van der Waals surface area contributed by atoms with Crippen LogP contribution in [0.3, 0.4) is 0 Å². The molecule has 1 spiro atoms. The number of allylic oxidation sites excluding steroid dienone is 4. The molecule has 1 aromatic heterocycles. The molecule has 1 unspecified atom stereocenters. The molecule has 139 heavy (non-hydrogen) atoms. The smallest absolute Gasteiger partial charge is 0.415 e. The van der Waals surface area contributed by atoms with Gasteiger partial charge in [-0.15, -0.1) is 0 Å². The highest BCUT2D eigenvalue weighted by Gasteiger charge is 2.87. The number of benzene rings is 5. The van der Waals surface area contributed by atoms with Gasteiger partial charge in [-0.3, -0.25) is 33.6 Å². The molecule has 30 nitrogen and oxygen atoms in total. The summed E-state index contributed by atoms with van der Waals surface area (Å²) in [4.78, 5) is 120. The van der Waals surface area contributed by atoms with Gasteiger partial charge in [0.2, 0.25) is 5.91 Å². The number of primary amides is 1. The van der Waals surface area contributed by atoms with Crippen LogP contribution in [0, 0.1) is 70.9 Å². The Bertz CT molecular complexity index is 5800. The summed E-state index contributed by atoms with van der Waals surface area (Å²) in [5, 5.41) is 50.4. The second-order valence-corrected chi connectivity index (χ2v) is 39.6. The first-order valence-corrected chi connectivity index (χ1v) is 47.2. The lowest BCUT2D eigenvalue weighted by molar-refractivity contribution is -0.249. The Kier molecular flexibility index (Phi) is 32.4. The highest BCUT2D eigenvalue weighted by Crippen LogP contribution is 2.81. The number of aromatic hydroxyl groups is 4. The molecule has 2 saturated carbocycles. The number of fused-ring (bicyclic) bond motifs is 6. The summed E-state index contributed by atoms with van der Waals surface area (Å²) in [6, 6.07) is 20.2. The molecule has 0 radical (unpaired) electrons. The van der Waals surface area contributed by atoms with E-state index in [1.165, 1.54) is 71.2 Å². The monoisotopic (exact) mass is 1950 g/mol. The number of anilines is 1. The Morgan fingerprint density at radius 2 is 1.46 bits per heavy atom. The number of ether oxygens (including phenoxy) is 8. The van der Waals surface area contributed by atoms with Crippen LogP contribution < -0.4 is 26.4 Å². The first-order chi connectivity index (χ1) is 65.5. The van der Waals surface area contributed by atoms with Crippen molar-refractivity contribution < 1.29 is 119 Å². The van der Waals surface area contributed by atoms with Gasteiger partial charge in [0, 0.05) is 141 Å². The molecule has 34 heteroatoms. The van der Waals surface area contributed by atoms with Gasteiger partial charge < -0.3 is 104 Å². The van der Waals surface area contributed by atoms with Gasteiger partial charge >= 0.3 is 18.2 Å². The van der Waals surface area contributed by atoms with Crippen molar-refractivity contribution in [2.45, 2.75) is 208 Å². The van der Waals surface area contributed by atoms with Gasteiger partial charge in [-0.05, 0) is 180 Å². The molecule has 15 rings (SSSR count). The third-order valence-electron chi connectivity index (χ3n) is 29.7. The van der Waals surface area contributed by atoms with E-state index >= 15 is 0 Å². The molecule has 750 valence electrons. The van der Waals surface area contributed by atoms with E-state index in [1.807, 2.05) is 84.9 Å². The van der Waals surface area contributed by atoms with Crippen LogP contribution in [-0.4, -0.2) is 210 Å². The Morgan fingerprint density at radius 3 is 2.10 bits per heavy atom. The second kappa shape index (κ2) is 42.6. The number of likely N-dealkylation sites (tertiary alicyclic amines) is 2. The SMILES string of the molecule is C=C1O[C@@H](c2ccoc2)[C@]2(C)CC[C@@H]3[C@@]4(C)C=CC(=O)C(C)(C)[C@@H]4C[C@@H](OC(C)=O)[C@@]3(C)[C@]23O[C@H]13.CCNC(=O)[C@H]1c2ccccc2CN1C(=O)c1cc(Cl)c(C)cc1O.CNCCN(C)C(=O)Oc1cc2c(O)c(c1)[C@H](OC)[C@@H](C)C[C@H](OC)[C@H](OC)[C@@H](C)/C=C(\C)[C@H](OC(N)=O)[C@@H](C)/C=C\C=C(/C)C(=O)N2.Cc1cc(C(=O)N2CCCC2c2ccc(C(=O)N3CC(F)(F)C3)cc2F)c(O)cc1O. The van der Waals surface area contributed by atoms with Gasteiger partial charge in [-0.1, -0.05) is 134 Å². The van der Waals surface area contributed by atoms with E-state index in [2.05, 4.69) is 49.4 Å². The van der Waals surface area contributed by atoms with Gasteiger partial charge in [0.1, 0.15) is 76.4 Å². The maximum absolute atomic E-state index is 14.9. The average Bonchev–Trinajstić information content (AvgIpc) is 1.46. The van der Waals surface area contributed by atoms with E-state index in [-0.39, 0.29) is 133 Å². The van der Waals surface area contributed by atoms with Crippen molar-refractivity contribution in [3.05, 3.63) is 224 Å². The van der Waals surface area contributed by atoms with E-state index in [0.717, 1.165) is 52.1 Å². The second-order valence-electron chi connectivity index (χ2n) is 39.2. The summed E-state index contributed by atoms with van der Waals surface area (Å²) in [5.74, 6) is -6.78. The van der Waals surface area contributed by atoms with Crippen LogP contribution >= 0.6 is 11.6 Å². The molecule has 5 aromatic carbocycles. The number of hydrogen-bond acceptors (Lipinski definition) is 23. The predicted molar refractivity (Wildman–Crippen MR) is 512 cm³/mol. The molecule has 6 fully saturated rings. The molecule has 2 bridgehead atoms. The minimum Gasteiger partial charge on any atom is -0.508 e. The van der Waals surface area contributed by atoms with Crippen molar-refractivity contribution in [3.63, 3.8) is 0 Å². The number of nitrogens with two attached hydrogens (primary N) is 1. The fourth-order valence-electron chi connectivity index (χ4n) is 22.4. The van der Waals surface area contributed by atoms with Crippen LogP contribution in [0.1, 0.15) is 216 Å². The number of esters is 1. The van der Waals surface area contributed by atoms with Gasteiger partial charge in [0.05, 0.1) is 66.8 Å². The number of phenolic OH excluding ortho intramolecular Hbond substituents is 4. The molecular formula is C105H130ClF3N8O22. The number of likely N-dealkylation sites (N-methyl/N-ethyl adjacent to an activating group) is 3. The lowest BCUT2D eigenvalue weighted by Gasteiger charge is -2.68. The van der Waals surface area contributed by atoms with Crippen LogP contribution in [0.15, 0.2) is 162 Å². The summed E-state index contributed by atoms with van der Waals surface area (Å²) >= 11 is 6.11. The first-order valence-electron chi connectivity index (χ1n) is 46.8. The van der Waals surface area contributed by atoms with E-state index in [9.17, 15) is 76.7 Å². The molecule has 18 atom stereocenters. The molecule has 6 aromatic rings. The molecule has 6 aliphatic heterocycles. The van der Waals surface area contributed by atoms with Crippen LogP contribution in [0.5, 0.6) is 28.7 Å². The molecule has 9 aliphatic rings. The van der Waals surface area contributed by atoms with Gasteiger partial charge in [-0.25, -0.2) is 22.8 Å². The number of nitrogens with one attached hydrogen (secondary N) is 3. The summed E-state index contributed by atoms with van der Waals surface area (Å²) < 4.78 is 94.8. The number of nitrogens with zero attached hydrogens (tertiary/aromatic N) is 4. The van der Waals surface area contributed by atoms with Gasteiger partial charge in [-0.2, -0.15) is 0 Å². The van der Waals surface area contributed by atoms with Crippen molar-refractivity contribution in [2.24, 2.45) is 57.0 Å². The zero-order valence-electron chi connectivity index (χ0n) is 82.2. The van der Waals surface area contributed by atoms with Crippen molar-refractivity contribution in [2.75, 3.05) is 80.0 Å². The van der Waals surface area contributed by atoms with Crippen LogP contribution in [0.25, 0.3) is 0 Å². The lowest BCUT2D eigenvalue weighted by Crippen LogP contribution is -2.72. The number of rotatable bonds is 16. The minimum atomic E-state index is -2.91. The van der Waals surface area contributed by atoms with Gasteiger partial charge in [0.25, 0.3) is 29.6 Å². The molecule has 7 heterocycles. The van der Waals surface area contributed by atoms with Crippen molar-refractivity contribution >= 4 is 70.8 Å². The molecule has 3 aliphatic carbocycles. The van der Waals surface area contributed by atoms with Crippen LogP contribution in [0.4, 0.5) is 28.4 Å². The number of hydrogen-bond donors (Lipinski definition) is 8. The highest BCUT2D eigenvalue weighted by atomic mass is 35.5. The predicted octanol–water partition coefficient (Wildman–Crippen LogP) is 17.3. The zero-order chi connectivity index (χ0) is 102. The molecule has 7 amide bonds. The fraction of sp³-hybridized carbons (Fsp3) is 0.495. The van der Waals surface area contributed by atoms with E-state index < -0.39 is 114 Å². The average molecular weight is 1950 g/mol. The van der Waals surface area contributed by atoms with Crippen molar-refractivity contribution in [1.82, 2.24) is 30.2 Å². The number of amides is 7. The van der Waals surface area contributed by atoms with Crippen LogP contribution in [0.2, 0.25) is 5.02 Å². The number of epoxide rings is 1. The van der Waals surface area contributed by atoms with E-state index in [4.69, 9.17) is 59.6 Å². The molecule has 4 saturated heterocycles. The van der Waals surface area contributed by atoms with Crippen molar-refractivity contribution in [3.8, 4) is 28.7 Å². The Hall–Kier alpha value is -12.0. The largest absolute Gasteiger partial charge is 0.508 e. The summed E-state index contributed by atoms with van der Waals surface area (Å²) in [5.41, 5.74) is 8.71. The quantitative estimate of drug-likeness (QED) is 0.0193. The Morgan fingerprint density at radius 1 is 0.770 bits per heavy atom. The highest BCUT2D eigenvalue weighted by molar-refractivity contribution is 6.31. The topological polar surface area (TPSA) is 400 Å². The van der Waals surface area contributed by atoms with E-state index in [0.29, 0.717) is 91.5 Å². The van der Waals surface area contributed by atoms with Crippen molar-refractivity contribution in [1.29, 1.82) is 0 Å². The van der Waals surface area contributed by atoms with Gasteiger partial charge in [0.15, 0.2) is 5.78 Å². The minimum absolute atomic E-state index is 0.00752. The maximum Gasteiger partial charge on any atom is 0.415 e. The summed E-state index contributed by atoms with van der Waals surface area (Å²) in [6.07, 6.45) is 13.7. The number of alkyl halides is 2. The fourth-order valence-corrected chi connectivity index (χ4v) is 22.6. The number of aryl methyl sites for hydroxylation is 2. The third kappa shape index (κ3) is 21.1. The lowest BCUT2D eigenvalue weighted by atomic mass is 9.35. The zero-order valence-corrected chi connectivity index (χ0v) is 83.0. The number of methoxy groups -OCH3 is 3. The first kappa shape index (κ1) is 106. The normalized spacial score (nSPS) is 29.5. The summed E-state index contributed by atoms with van der Waals surface area (Å²) in [6.45, 7) is 31.8. The molecule has 9 N–H and O–H groups in total. The summed E-state index contributed by atoms with van der Waals surface area (Å²) in [7, 11) is 8.11. The Labute approximate surface area is 813 Å². The number of carbonyl (C=O) groups is 9. The van der Waals surface area contributed by atoms with E-state index in [1.54, 1.807) is 85.9 Å². The third-order valence-corrected chi connectivity index (χ3v) is 30.1. The number of phenols is 4. The van der Waals surface area contributed by atoms with Crippen LogP contribution in [-0.2, 0) is 58.9 Å². The number of carbonyl (C=O) groups excluding carboxylic acids is 9. The number of ketones is 1. The molecular weight excluding hydrogens is 1820 g/mol.